The molecule has 0 spiro atoms. The normalized spacial score (nSPS) is 25.3. The largest absolute Gasteiger partial charge is 0.497 e. The fraction of sp³-hybridized carbons (Fsp3) is 0.278. The Morgan fingerprint density at radius 2 is 1.95 bits per heavy atom. The Labute approximate surface area is 130 Å². The van der Waals surface area contributed by atoms with Gasteiger partial charge in [-0.15, -0.1) is 0 Å². The van der Waals surface area contributed by atoms with Crippen LogP contribution in [0.15, 0.2) is 53.5 Å². The molecule has 0 aromatic heterocycles. The smallest absolute Gasteiger partial charge is 0.193 e. The van der Waals surface area contributed by atoms with Crippen molar-refractivity contribution >= 4 is 11.6 Å². The predicted molar refractivity (Wildman–Crippen MR) is 88.4 cm³/mol. The summed E-state index contributed by atoms with van der Waals surface area (Å²) in [4.78, 5) is 4.66. The third-order valence-corrected chi connectivity index (χ3v) is 4.65. The molecule has 3 unspecified atom stereocenters. The van der Waals surface area contributed by atoms with Gasteiger partial charge in [-0.2, -0.15) is 0 Å². The fourth-order valence-corrected chi connectivity index (χ4v) is 3.51. The first-order valence-corrected chi connectivity index (χ1v) is 7.58. The van der Waals surface area contributed by atoms with Crippen molar-refractivity contribution in [2.45, 2.75) is 18.4 Å². The van der Waals surface area contributed by atoms with Gasteiger partial charge in [0.05, 0.1) is 13.2 Å². The van der Waals surface area contributed by atoms with Gasteiger partial charge in [0.2, 0.25) is 0 Å². The number of guanidine groups is 1. The van der Waals surface area contributed by atoms with E-state index in [-0.39, 0.29) is 0 Å². The summed E-state index contributed by atoms with van der Waals surface area (Å²) in [5.41, 5.74) is 9.91. The quantitative estimate of drug-likeness (QED) is 0.676. The highest BCUT2D eigenvalue weighted by Gasteiger charge is 2.55. The monoisotopic (exact) mass is 293 g/mol. The molecule has 4 heteroatoms. The van der Waals surface area contributed by atoms with Crippen LogP contribution in [0.5, 0.6) is 5.75 Å². The minimum atomic E-state index is 0.334. The molecule has 4 nitrogen and oxygen atoms in total. The average molecular weight is 293 g/mol. The molecular weight excluding hydrogens is 274 g/mol. The van der Waals surface area contributed by atoms with Crippen molar-refractivity contribution in [2.75, 3.05) is 12.4 Å². The predicted octanol–water partition coefficient (Wildman–Crippen LogP) is 2.76. The molecule has 1 fully saturated rings. The van der Waals surface area contributed by atoms with Gasteiger partial charge < -0.3 is 15.8 Å². The summed E-state index contributed by atoms with van der Waals surface area (Å²) in [6, 6.07) is 16.7. The van der Waals surface area contributed by atoms with E-state index in [9.17, 15) is 0 Å². The molecule has 0 bridgehead atoms. The lowest BCUT2D eigenvalue weighted by Gasteiger charge is -2.08. The van der Waals surface area contributed by atoms with Crippen LogP contribution >= 0.6 is 0 Å². The number of methoxy groups -OCH3 is 1. The Morgan fingerprint density at radius 3 is 2.73 bits per heavy atom. The molecule has 0 radical (unpaired) electrons. The second-order valence-corrected chi connectivity index (χ2v) is 5.95. The molecule has 2 aliphatic rings. The molecule has 4 rings (SSSR count). The number of hydrogen-bond donors (Lipinski definition) is 2. The summed E-state index contributed by atoms with van der Waals surface area (Å²) in [6.45, 7) is 0. The van der Waals surface area contributed by atoms with Crippen LogP contribution in [-0.2, 0) is 6.42 Å². The van der Waals surface area contributed by atoms with Crippen LogP contribution in [0.3, 0.4) is 0 Å². The maximum atomic E-state index is 6.05. The summed E-state index contributed by atoms with van der Waals surface area (Å²) in [7, 11) is 1.65. The standard InChI is InChI=1S/C18H19N3O/c1-22-13-8-6-12(7-9-13)20-18(19)21-17-15-10-11-4-2-3-5-14(11)16(15)17/h2-9,15-17H,10H2,1H3,(H3,19,20,21). The first-order chi connectivity index (χ1) is 10.8. The zero-order chi connectivity index (χ0) is 15.1. The van der Waals surface area contributed by atoms with Gasteiger partial charge in [-0.05, 0) is 47.7 Å². The lowest BCUT2D eigenvalue weighted by atomic mass is 10.1. The van der Waals surface area contributed by atoms with Gasteiger partial charge in [-0.1, -0.05) is 24.3 Å². The minimum absolute atomic E-state index is 0.334. The number of aliphatic imine (C=N–C) groups is 1. The molecule has 2 aromatic carbocycles. The van der Waals surface area contributed by atoms with Gasteiger partial charge in [0.1, 0.15) is 5.75 Å². The molecule has 0 heterocycles. The van der Waals surface area contributed by atoms with E-state index in [0.717, 1.165) is 17.9 Å². The Morgan fingerprint density at radius 1 is 1.18 bits per heavy atom. The van der Waals surface area contributed by atoms with Crippen LogP contribution in [0, 0.1) is 5.92 Å². The molecule has 0 saturated heterocycles. The van der Waals surface area contributed by atoms with Crippen LogP contribution in [-0.4, -0.2) is 19.1 Å². The van der Waals surface area contributed by atoms with Gasteiger partial charge in [-0.3, -0.25) is 0 Å². The third kappa shape index (κ3) is 2.21. The molecule has 3 N–H and O–H groups in total. The first-order valence-electron chi connectivity index (χ1n) is 7.58. The van der Waals surface area contributed by atoms with Crippen molar-refractivity contribution in [3.63, 3.8) is 0 Å². The van der Waals surface area contributed by atoms with E-state index in [0.29, 0.717) is 23.8 Å². The van der Waals surface area contributed by atoms with Crippen molar-refractivity contribution < 1.29 is 4.74 Å². The Bertz CT molecular complexity index is 723. The van der Waals surface area contributed by atoms with Crippen molar-refractivity contribution in [3.8, 4) is 5.75 Å². The number of nitrogens with zero attached hydrogens (tertiary/aromatic N) is 1. The molecule has 3 atom stereocenters. The zero-order valence-corrected chi connectivity index (χ0v) is 12.5. The summed E-state index contributed by atoms with van der Waals surface area (Å²) < 4.78 is 5.14. The highest BCUT2D eigenvalue weighted by Crippen LogP contribution is 2.58. The second kappa shape index (κ2) is 5.05. The molecule has 2 aromatic rings. The topological polar surface area (TPSA) is 59.6 Å². The zero-order valence-electron chi connectivity index (χ0n) is 12.5. The van der Waals surface area contributed by atoms with Gasteiger partial charge in [0.15, 0.2) is 5.96 Å². The van der Waals surface area contributed by atoms with E-state index in [2.05, 4.69) is 34.6 Å². The lowest BCUT2D eigenvalue weighted by molar-refractivity contribution is 0.415. The maximum absolute atomic E-state index is 6.05. The van der Waals surface area contributed by atoms with Crippen LogP contribution in [0.2, 0.25) is 0 Å². The molecular formula is C18H19N3O. The first kappa shape index (κ1) is 13.2. The van der Waals surface area contributed by atoms with E-state index in [1.54, 1.807) is 7.11 Å². The SMILES string of the molecule is COc1ccc(NC(N)=NC2C3Cc4ccccc4C32)cc1. The van der Waals surface area contributed by atoms with Crippen molar-refractivity contribution in [2.24, 2.45) is 16.6 Å². The number of hydrogen-bond acceptors (Lipinski definition) is 2. The molecule has 2 aliphatic carbocycles. The Kier molecular flexibility index (Phi) is 3.03. The van der Waals surface area contributed by atoms with Gasteiger partial charge >= 0.3 is 0 Å². The molecule has 0 amide bonds. The van der Waals surface area contributed by atoms with Gasteiger partial charge in [0.25, 0.3) is 0 Å². The highest BCUT2D eigenvalue weighted by atomic mass is 16.5. The third-order valence-electron chi connectivity index (χ3n) is 4.65. The minimum Gasteiger partial charge on any atom is -0.497 e. The van der Waals surface area contributed by atoms with Crippen molar-refractivity contribution in [1.82, 2.24) is 0 Å². The van der Waals surface area contributed by atoms with Crippen molar-refractivity contribution in [3.05, 3.63) is 59.7 Å². The molecule has 1 saturated carbocycles. The number of ether oxygens (including phenoxy) is 1. The average Bonchev–Trinajstić information content (AvgIpc) is 3.05. The van der Waals surface area contributed by atoms with E-state index < -0.39 is 0 Å². The molecule has 112 valence electrons. The summed E-state index contributed by atoms with van der Waals surface area (Å²) in [5.74, 6) is 2.51. The van der Waals surface area contributed by atoms with Crippen LogP contribution in [0.1, 0.15) is 17.0 Å². The van der Waals surface area contributed by atoms with Crippen LogP contribution in [0.4, 0.5) is 5.69 Å². The van der Waals surface area contributed by atoms with E-state index in [1.807, 2.05) is 24.3 Å². The second-order valence-electron chi connectivity index (χ2n) is 5.95. The van der Waals surface area contributed by atoms with E-state index >= 15 is 0 Å². The van der Waals surface area contributed by atoms with Crippen LogP contribution in [0.25, 0.3) is 0 Å². The lowest BCUT2D eigenvalue weighted by Crippen LogP contribution is -2.23. The van der Waals surface area contributed by atoms with Crippen molar-refractivity contribution in [1.29, 1.82) is 0 Å². The Balaban J connectivity index is 1.44. The maximum Gasteiger partial charge on any atom is 0.193 e. The van der Waals surface area contributed by atoms with Gasteiger partial charge in [0, 0.05) is 11.6 Å². The molecule has 22 heavy (non-hydrogen) atoms. The summed E-state index contributed by atoms with van der Waals surface area (Å²) in [6.07, 6.45) is 1.13. The van der Waals surface area contributed by atoms with Gasteiger partial charge in [-0.25, -0.2) is 4.99 Å². The Hall–Kier alpha value is -2.49. The number of benzene rings is 2. The number of nitrogens with two attached hydrogens (primary N) is 1. The molecule has 0 aliphatic heterocycles. The number of rotatable bonds is 3. The number of nitrogens with one attached hydrogen (secondary N) is 1. The highest BCUT2D eigenvalue weighted by molar-refractivity contribution is 5.92. The van der Waals surface area contributed by atoms with E-state index in [4.69, 9.17) is 10.5 Å². The summed E-state index contributed by atoms with van der Waals surface area (Å²) in [5, 5.41) is 3.15. The number of fused-ring (bicyclic) bond motifs is 3. The van der Waals surface area contributed by atoms with Crippen LogP contribution < -0.4 is 15.8 Å². The van der Waals surface area contributed by atoms with E-state index in [1.165, 1.54) is 11.1 Å². The summed E-state index contributed by atoms with van der Waals surface area (Å²) >= 11 is 0. The number of anilines is 1. The fourth-order valence-electron chi connectivity index (χ4n) is 3.51.